The predicted molar refractivity (Wildman–Crippen MR) is 113 cm³/mol. The van der Waals surface area contributed by atoms with Crippen LogP contribution in [0.1, 0.15) is 79.1 Å². The molecule has 166 valence electrons. The molecule has 5 nitrogen and oxygen atoms in total. The Labute approximate surface area is 176 Å². The zero-order valence-corrected chi connectivity index (χ0v) is 18.7. The first-order chi connectivity index (χ1) is 14.0. The molecule has 0 aromatic rings. The Bertz CT molecular complexity index is 543. The van der Waals surface area contributed by atoms with Gasteiger partial charge in [0.2, 0.25) is 0 Å². The van der Waals surface area contributed by atoms with E-state index in [4.69, 9.17) is 14.2 Å². The van der Waals surface area contributed by atoms with E-state index in [-0.39, 0.29) is 24.1 Å². The fraction of sp³-hybridized carbons (Fsp3) is 0.833. The molecule has 0 aromatic heterocycles. The highest BCUT2D eigenvalue weighted by Gasteiger charge is 2.55. The highest BCUT2D eigenvalue weighted by atomic mass is 16.6. The molecule has 1 saturated heterocycles. The molecule has 0 saturated carbocycles. The van der Waals surface area contributed by atoms with Crippen LogP contribution in [0.15, 0.2) is 12.2 Å². The monoisotopic (exact) mass is 408 g/mol. The Morgan fingerprint density at radius 1 is 0.862 bits per heavy atom. The Hall–Kier alpha value is -1.36. The Kier molecular flexibility index (Phi) is 10.2. The summed E-state index contributed by atoms with van der Waals surface area (Å²) in [5.74, 6) is -1.08. The third kappa shape index (κ3) is 7.13. The van der Waals surface area contributed by atoms with Crippen LogP contribution < -0.4 is 0 Å². The average molecular weight is 409 g/mol. The molecule has 1 aliphatic heterocycles. The minimum absolute atomic E-state index is 0.0633. The summed E-state index contributed by atoms with van der Waals surface area (Å²) in [4.78, 5) is 25.6. The maximum Gasteiger partial charge on any atom is 0.313 e. The molecular formula is C24H40O5. The number of hydrogen-bond donors (Lipinski definition) is 0. The van der Waals surface area contributed by atoms with E-state index in [0.29, 0.717) is 25.0 Å². The normalized spacial score (nSPS) is 27.0. The van der Waals surface area contributed by atoms with Gasteiger partial charge in [0.15, 0.2) is 0 Å². The molecule has 1 heterocycles. The molecule has 5 heteroatoms. The lowest BCUT2D eigenvalue weighted by Gasteiger charge is -2.25. The van der Waals surface area contributed by atoms with Crippen LogP contribution in [-0.4, -0.2) is 37.4 Å². The van der Waals surface area contributed by atoms with Crippen molar-refractivity contribution >= 4 is 11.9 Å². The van der Waals surface area contributed by atoms with Gasteiger partial charge in [-0.2, -0.15) is 0 Å². The van der Waals surface area contributed by atoms with Gasteiger partial charge in [0.25, 0.3) is 0 Å². The first-order valence-electron chi connectivity index (χ1n) is 11.7. The molecule has 2 aliphatic rings. The SMILES string of the molecule is CCCCC(CC)COC(=O)C1C=CC2OC2C1C(=O)OCC(CC)CCCC. The summed E-state index contributed by atoms with van der Waals surface area (Å²) in [6.45, 7) is 9.42. The lowest BCUT2D eigenvalue weighted by molar-refractivity contribution is -0.161. The van der Waals surface area contributed by atoms with E-state index in [1.165, 1.54) is 0 Å². The standard InChI is InChI=1S/C24H40O5/c1-5-9-11-17(7-3)15-27-23(25)19-13-14-20-22(29-20)21(19)24(26)28-16-18(8-4)12-10-6-2/h13-14,17-22H,5-12,15-16H2,1-4H3. The van der Waals surface area contributed by atoms with Crippen LogP contribution in [0.4, 0.5) is 0 Å². The Morgan fingerprint density at radius 3 is 1.93 bits per heavy atom. The molecule has 0 aromatic carbocycles. The van der Waals surface area contributed by atoms with Crippen LogP contribution in [0.2, 0.25) is 0 Å². The minimum Gasteiger partial charge on any atom is -0.465 e. The van der Waals surface area contributed by atoms with Gasteiger partial charge < -0.3 is 14.2 Å². The molecule has 0 radical (unpaired) electrons. The average Bonchev–Trinajstić information content (AvgIpc) is 3.52. The highest BCUT2D eigenvalue weighted by Crippen LogP contribution is 2.41. The molecule has 1 aliphatic carbocycles. The zero-order chi connectivity index (χ0) is 21.2. The second-order valence-electron chi connectivity index (χ2n) is 8.59. The quantitative estimate of drug-likeness (QED) is 0.228. The first kappa shape index (κ1) is 23.9. The number of fused-ring (bicyclic) bond motifs is 1. The Balaban J connectivity index is 1.90. The summed E-state index contributed by atoms with van der Waals surface area (Å²) >= 11 is 0. The molecule has 29 heavy (non-hydrogen) atoms. The molecule has 0 N–H and O–H groups in total. The van der Waals surface area contributed by atoms with Crippen molar-refractivity contribution in [1.82, 2.24) is 0 Å². The fourth-order valence-electron chi connectivity index (χ4n) is 4.03. The van der Waals surface area contributed by atoms with E-state index in [1.807, 2.05) is 6.08 Å². The number of rotatable bonds is 14. The molecule has 2 rings (SSSR count). The largest absolute Gasteiger partial charge is 0.465 e. The van der Waals surface area contributed by atoms with Gasteiger partial charge >= 0.3 is 11.9 Å². The second-order valence-corrected chi connectivity index (χ2v) is 8.59. The van der Waals surface area contributed by atoms with E-state index in [2.05, 4.69) is 27.7 Å². The molecule has 0 amide bonds. The minimum atomic E-state index is -0.606. The first-order valence-corrected chi connectivity index (χ1v) is 11.7. The number of esters is 2. The summed E-state index contributed by atoms with van der Waals surface area (Å²) in [5.41, 5.74) is 0. The summed E-state index contributed by atoms with van der Waals surface area (Å²) in [7, 11) is 0. The Morgan fingerprint density at radius 2 is 1.41 bits per heavy atom. The zero-order valence-electron chi connectivity index (χ0n) is 18.7. The molecular weight excluding hydrogens is 368 g/mol. The number of ether oxygens (including phenoxy) is 3. The number of epoxide rings is 1. The molecule has 6 atom stereocenters. The number of unbranched alkanes of at least 4 members (excludes halogenated alkanes) is 2. The summed E-state index contributed by atoms with van der Waals surface area (Å²) in [5, 5.41) is 0. The van der Waals surface area contributed by atoms with Crippen molar-refractivity contribution in [3.63, 3.8) is 0 Å². The van der Waals surface area contributed by atoms with Crippen LogP contribution in [-0.2, 0) is 23.8 Å². The molecule has 0 spiro atoms. The summed E-state index contributed by atoms with van der Waals surface area (Å²) < 4.78 is 16.9. The summed E-state index contributed by atoms with van der Waals surface area (Å²) in [6.07, 6.45) is 12.0. The number of hydrogen-bond acceptors (Lipinski definition) is 5. The van der Waals surface area contributed by atoms with Crippen molar-refractivity contribution < 1.29 is 23.8 Å². The molecule has 0 bridgehead atoms. The van der Waals surface area contributed by atoms with Crippen LogP contribution in [0, 0.1) is 23.7 Å². The van der Waals surface area contributed by atoms with E-state index in [0.717, 1.165) is 51.4 Å². The van der Waals surface area contributed by atoms with Crippen LogP contribution in [0.5, 0.6) is 0 Å². The van der Waals surface area contributed by atoms with Crippen molar-refractivity contribution in [2.45, 2.75) is 91.3 Å². The van der Waals surface area contributed by atoms with Gasteiger partial charge in [0.1, 0.15) is 18.1 Å². The van der Waals surface area contributed by atoms with Gasteiger partial charge in [-0.05, 0) is 24.7 Å². The maximum absolute atomic E-state index is 12.8. The topological polar surface area (TPSA) is 65.1 Å². The van der Waals surface area contributed by atoms with Crippen molar-refractivity contribution in [2.24, 2.45) is 23.7 Å². The second kappa shape index (κ2) is 12.4. The number of carbonyl (C=O) groups excluding carboxylic acids is 2. The van der Waals surface area contributed by atoms with Gasteiger partial charge in [-0.1, -0.05) is 78.4 Å². The number of carbonyl (C=O) groups is 2. The molecule has 6 unspecified atom stereocenters. The smallest absolute Gasteiger partial charge is 0.313 e. The van der Waals surface area contributed by atoms with Gasteiger partial charge in [-0.15, -0.1) is 0 Å². The van der Waals surface area contributed by atoms with Gasteiger partial charge in [0.05, 0.1) is 19.1 Å². The molecule has 1 fully saturated rings. The third-order valence-corrected chi connectivity index (χ3v) is 6.36. The van der Waals surface area contributed by atoms with Crippen molar-refractivity contribution in [3.05, 3.63) is 12.2 Å². The maximum atomic E-state index is 12.8. The summed E-state index contributed by atoms with van der Waals surface area (Å²) in [6, 6.07) is 0. The van der Waals surface area contributed by atoms with Crippen LogP contribution in [0.3, 0.4) is 0 Å². The van der Waals surface area contributed by atoms with E-state index >= 15 is 0 Å². The van der Waals surface area contributed by atoms with Crippen LogP contribution in [0.25, 0.3) is 0 Å². The van der Waals surface area contributed by atoms with Crippen molar-refractivity contribution in [2.75, 3.05) is 13.2 Å². The van der Waals surface area contributed by atoms with E-state index < -0.39 is 11.8 Å². The fourth-order valence-corrected chi connectivity index (χ4v) is 4.03. The van der Waals surface area contributed by atoms with Crippen LogP contribution >= 0.6 is 0 Å². The lowest BCUT2D eigenvalue weighted by Crippen LogP contribution is -2.38. The third-order valence-electron chi connectivity index (χ3n) is 6.36. The van der Waals surface area contributed by atoms with E-state index in [1.54, 1.807) is 6.08 Å². The lowest BCUT2D eigenvalue weighted by atomic mass is 9.83. The van der Waals surface area contributed by atoms with E-state index in [9.17, 15) is 9.59 Å². The van der Waals surface area contributed by atoms with Gasteiger partial charge in [-0.25, -0.2) is 0 Å². The highest BCUT2D eigenvalue weighted by molar-refractivity contribution is 5.85. The van der Waals surface area contributed by atoms with Gasteiger partial charge in [0, 0.05) is 0 Å². The van der Waals surface area contributed by atoms with Gasteiger partial charge in [-0.3, -0.25) is 9.59 Å². The van der Waals surface area contributed by atoms with Crippen molar-refractivity contribution in [1.29, 1.82) is 0 Å². The predicted octanol–water partition coefficient (Wildman–Crippen LogP) is 5.08. The van der Waals surface area contributed by atoms with Crippen molar-refractivity contribution in [3.8, 4) is 0 Å².